The molecule has 0 aromatic heterocycles. The largest absolute Gasteiger partial charge is 0.289 e. The van der Waals surface area contributed by atoms with Gasteiger partial charge in [0.15, 0.2) is 4.90 Å². The second kappa shape index (κ2) is 6.39. The number of rotatable bonds is 5. The van der Waals surface area contributed by atoms with Crippen molar-refractivity contribution in [3.8, 4) is 0 Å². The number of sulfonamides is 1. The number of hydrogen-bond acceptors (Lipinski definition) is 4. The van der Waals surface area contributed by atoms with Crippen LogP contribution in [0.2, 0.25) is 0 Å². The fraction of sp³-hybridized carbons (Fsp3) is 0.143. The first-order chi connectivity index (χ1) is 10.7. The maximum absolute atomic E-state index is 13.6. The SMILES string of the molecule is CN(Cc1ccc(F)cc1F)S(=O)(=O)c1ccccc1[N+](=O)[O-]. The normalized spacial score (nSPS) is 11.7. The molecule has 2 rings (SSSR count). The molecule has 0 amide bonds. The first-order valence-corrected chi connectivity index (χ1v) is 7.81. The van der Waals surface area contributed by atoms with E-state index in [2.05, 4.69) is 0 Å². The Balaban J connectivity index is 2.38. The average Bonchev–Trinajstić information content (AvgIpc) is 2.49. The molecule has 122 valence electrons. The van der Waals surface area contributed by atoms with E-state index >= 15 is 0 Å². The highest BCUT2D eigenvalue weighted by Crippen LogP contribution is 2.26. The highest BCUT2D eigenvalue weighted by Gasteiger charge is 2.29. The molecule has 0 saturated heterocycles. The third kappa shape index (κ3) is 3.51. The topological polar surface area (TPSA) is 80.5 Å². The van der Waals surface area contributed by atoms with E-state index in [1.807, 2.05) is 0 Å². The predicted molar refractivity (Wildman–Crippen MR) is 78.1 cm³/mol. The van der Waals surface area contributed by atoms with Gasteiger partial charge in [-0.1, -0.05) is 18.2 Å². The Labute approximate surface area is 131 Å². The van der Waals surface area contributed by atoms with Crippen molar-refractivity contribution >= 4 is 15.7 Å². The van der Waals surface area contributed by atoms with Crippen LogP contribution in [0.3, 0.4) is 0 Å². The summed E-state index contributed by atoms with van der Waals surface area (Å²) in [4.78, 5) is 9.66. The van der Waals surface area contributed by atoms with E-state index in [1.165, 1.54) is 12.1 Å². The molecule has 0 aliphatic carbocycles. The van der Waals surface area contributed by atoms with Gasteiger partial charge in [0.25, 0.3) is 5.69 Å². The lowest BCUT2D eigenvalue weighted by Crippen LogP contribution is -2.27. The molecule has 0 unspecified atom stereocenters. The first kappa shape index (κ1) is 17.0. The molecule has 0 aliphatic heterocycles. The average molecular weight is 342 g/mol. The van der Waals surface area contributed by atoms with Gasteiger partial charge in [-0.15, -0.1) is 0 Å². The summed E-state index contributed by atoms with van der Waals surface area (Å²) in [7, 11) is -3.05. The zero-order valence-electron chi connectivity index (χ0n) is 11.9. The van der Waals surface area contributed by atoms with Crippen LogP contribution in [0.5, 0.6) is 0 Å². The molecule has 0 radical (unpaired) electrons. The Hall–Kier alpha value is -2.39. The van der Waals surface area contributed by atoms with Gasteiger partial charge < -0.3 is 0 Å². The minimum Gasteiger partial charge on any atom is -0.258 e. The van der Waals surface area contributed by atoms with Crippen molar-refractivity contribution in [2.24, 2.45) is 0 Å². The zero-order valence-corrected chi connectivity index (χ0v) is 12.8. The van der Waals surface area contributed by atoms with E-state index in [-0.39, 0.29) is 12.1 Å². The molecule has 2 aromatic carbocycles. The summed E-state index contributed by atoms with van der Waals surface area (Å²) in [5, 5.41) is 11.0. The number of nitro benzene ring substituents is 1. The molecule has 2 aromatic rings. The molecular weight excluding hydrogens is 330 g/mol. The minimum absolute atomic E-state index is 0.0453. The third-order valence-corrected chi connectivity index (χ3v) is 5.01. The fourth-order valence-electron chi connectivity index (χ4n) is 1.97. The standard InChI is InChI=1S/C14H12F2N2O4S/c1-17(9-10-6-7-11(15)8-12(10)16)23(21,22)14-5-3-2-4-13(14)18(19)20/h2-8H,9H2,1H3. The number of halogens is 2. The van der Waals surface area contributed by atoms with Crippen LogP contribution in [0, 0.1) is 21.7 Å². The summed E-state index contributed by atoms with van der Waals surface area (Å²) >= 11 is 0. The maximum atomic E-state index is 13.6. The Morgan fingerprint density at radius 2 is 1.83 bits per heavy atom. The summed E-state index contributed by atoms with van der Waals surface area (Å²) in [6, 6.07) is 7.63. The van der Waals surface area contributed by atoms with E-state index in [1.54, 1.807) is 0 Å². The lowest BCUT2D eigenvalue weighted by Gasteiger charge is -2.17. The monoisotopic (exact) mass is 342 g/mol. The zero-order chi connectivity index (χ0) is 17.2. The first-order valence-electron chi connectivity index (χ1n) is 6.37. The molecule has 0 fully saturated rings. The lowest BCUT2D eigenvalue weighted by molar-refractivity contribution is -0.387. The van der Waals surface area contributed by atoms with E-state index in [0.717, 1.165) is 35.6 Å². The van der Waals surface area contributed by atoms with Crippen LogP contribution >= 0.6 is 0 Å². The highest BCUT2D eigenvalue weighted by molar-refractivity contribution is 7.89. The molecule has 0 aliphatic rings. The van der Waals surface area contributed by atoms with Crippen LogP contribution in [0.25, 0.3) is 0 Å². The lowest BCUT2D eigenvalue weighted by atomic mass is 10.2. The van der Waals surface area contributed by atoms with Crippen LogP contribution in [-0.2, 0) is 16.6 Å². The molecule has 0 N–H and O–H groups in total. The Morgan fingerprint density at radius 3 is 2.43 bits per heavy atom. The Kier molecular flexibility index (Phi) is 4.71. The molecule has 6 nitrogen and oxygen atoms in total. The van der Waals surface area contributed by atoms with E-state index in [0.29, 0.717) is 6.07 Å². The van der Waals surface area contributed by atoms with E-state index in [4.69, 9.17) is 0 Å². The fourth-order valence-corrected chi connectivity index (χ4v) is 3.27. The van der Waals surface area contributed by atoms with Gasteiger partial charge in [-0.2, -0.15) is 4.31 Å². The molecular formula is C14H12F2N2O4S. The number of nitro groups is 1. The predicted octanol–water partition coefficient (Wildman–Crippen LogP) is 2.69. The second-order valence-corrected chi connectivity index (χ2v) is 6.73. The van der Waals surface area contributed by atoms with Crippen molar-refractivity contribution in [3.05, 3.63) is 69.8 Å². The number of para-hydroxylation sites is 1. The van der Waals surface area contributed by atoms with E-state index in [9.17, 15) is 27.3 Å². The van der Waals surface area contributed by atoms with Crippen molar-refractivity contribution in [2.45, 2.75) is 11.4 Å². The molecule has 0 bridgehead atoms. The van der Waals surface area contributed by atoms with E-state index < -0.39 is 37.2 Å². The van der Waals surface area contributed by atoms with Crippen molar-refractivity contribution in [1.82, 2.24) is 4.31 Å². The van der Waals surface area contributed by atoms with Gasteiger partial charge in [-0.05, 0) is 12.1 Å². The van der Waals surface area contributed by atoms with Crippen molar-refractivity contribution in [3.63, 3.8) is 0 Å². The van der Waals surface area contributed by atoms with Crippen LogP contribution < -0.4 is 0 Å². The van der Waals surface area contributed by atoms with Gasteiger partial charge in [0.2, 0.25) is 10.0 Å². The van der Waals surface area contributed by atoms with Gasteiger partial charge in [-0.3, -0.25) is 10.1 Å². The van der Waals surface area contributed by atoms with Gasteiger partial charge in [0.1, 0.15) is 11.6 Å². The van der Waals surface area contributed by atoms with Crippen LogP contribution in [0.15, 0.2) is 47.4 Å². The third-order valence-electron chi connectivity index (χ3n) is 3.16. The smallest absolute Gasteiger partial charge is 0.258 e. The Morgan fingerprint density at radius 1 is 1.17 bits per heavy atom. The van der Waals surface area contributed by atoms with Gasteiger partial charge >= 0.3 is 0 Å². The molecule has 0 heterocycles. The van der Waals surface area contributed by atoms with Crippen LogP contribution in [0.1, 0.15) is 5.56 Å². The number of benzene rings is 2. The molecule has 0 atom stereocenters. The van der Waals surface area contributed by atoms with Crippen LogP contribution in [0.4, 0.5) is 14.5 Å². The highest BCUT2D eigenvalue weighted by atomic mass is 32.2. The Bertz CT molecular complexity index is 856. The van der Waals surface area contributed by atoms with Gasteiger partial charge in [-0.25, -0.2) is 17.2 Å². The maximum Gasteiger partial charge on any atom is 0.289 e. The minimum atomic E-state index is -4.21. The van der Waals surface area contributed by atoms with Crippen molar-refractivity contribution < 1.29 is 22.1 Å². The van der Waals surface area contributed by atoms with Crippen molar-refractivity contribution in [2.75, 3.05) is 7.05 Å². The van der Waals surface area contributed by atoms with Crippen LogP contribution in [-0.4, -0.2) is 24.7 Å². The summed E-state index contributed by atoms with van der Waals surface area (Å²) in [6.07, 6.45) is 0. The van der Waals surface area contributed by atoms with Crippen molar-refractivity contribution in [1.29, 1.82) is 0 Å². The summed E-state index contributed by atoms with van der Waals surface area (Å²) in [6.45, 7) is -0.388. The molecule has 23 heavy (non-hydrogen) atoms. The number of nitrogens with zero attached hydrogens (tertiary/aromatic N) is 2. The summed E-state index contributed by atoms with van der Waals surface area (Å²) < 4.78 is 52.2. The van der Waals surface area contributed by atoms with Gasteiger partial charge in [0.05, 0.1) is 4.92 Å². The molecule has 0 saturated carbocycles. The van der Waals surface area contributed by atoms with Gasteiger partial charge in [0, 0.05) is 31.3 Å². The summed E-state index contributed by atoms with van der Waals surface area (Å²) in [5.41, 5.74) is -0.616. The summed E-state index contributed by atoms with van der Waals surface area (Å²) in [5.74, 6) is -1.68. The molecule has 9 heteroatoms. The second-order valence-electron chi connectivity index (χ2n) is 4.72. The molecule has 0 spiro atoms. The number of hydrogen-bond donors (Lipinski definition) is 0. The quantitative estimate of drug-likeness (QED) is 0.618.